The molecule has 86 valence electrons. The van der Waals surface area contributed by atoms with E-state index in [0.717, 1.165) is 25.1 Å². The summed E-state index contributed by atoms with van der Waals surface area (Å²) in [6.07, 6.45) is 0.314. The first-order valence-electron chi connectivity index (χ1n) is 4.78. The first-order valence-corrected chi connectivity index (χ1v) is 5.93. The van der Waals surface area contributed by atoms with Gasteiger partial charge in [-0.3, -0.25) is 4.79 Å². The summed E-state index contributed by atoms with van der Waals surface area (Å²) in [5.41, 5.74) is 0. The van der Waals surface area contributed by atoms with Gasteiger partial charge >= 0.3 is 5.97 Å². The molecule has 2 unspecified atom stereocenters. The zero-order valence-electron chi connectivity index (χ0n) is 9.06. The molecule has 0 aromatic heterocycles. The lowest BCUT2D eigenvalue weighted by Gasteiger charge is -2.35. The average molecular weight is 249 g/mol. The Kier molecular flexibility index (Phi) is 4.82. The van der Waals surface area contributed by atoms with E-state index in [9.17, 15) is 4.79 Å². The van der Waals surface area contributed by atoms with Gasteiger partial charge in [0, 0.05) is 20.0 Å². The molecule has 1 saturated heterocycles. The van der Waals surface area contributed by atoms with E-state index >= 15 is 0 Å². The topological polar surface area (TPSA) is 38.8 Å². The highest BCUT2D eigenvalue weighted by atomic mass is 32.2. The fourth-order valence-corrected chi connectivity index (χ4v) is 2.17. The summed E-state index contributed by atoms with van der Waals surface area (Å²) >= 11 is 6.10. The van der Waals surface area contributed by atoms with Crippen molar-refractivity contribution in [3.63, 3.8) is 0 Å². The summed E-state index contributed by atoms with van der Waals surface area (Å²) in [5, 5.41) is 0. The summed E-state index contributed by atoms with van der Waals surface area (Å²) in [6, 6.07) is 0. The molecule has 0 aliphatic carbocycles. The van der Waals surface area contributed by atoms with E-state index in [1.165, 1.54) is 6.92 Å². The highest BCUT2D eigenvalue weighted by Crippen LogP contribution is 2.17. The molecule has 0 aromatic rings. The highest BCUT2D eigenvalue weighted by Gasteiger charge is 2.24. The van der Waals surface area contributed by atoms with Crippen LogP contribution < -0.4 is 0 Å². The standard InChI is InChI=1S/C9H15NO3S2/c1-6-4-10(5-7(2)12-6)9(14)15-13-8(3)11/h6-7H,4-5H2,1-3H3. The van der Waals surface area contributed by atoms with Crippen molar-refractivity contribution in [1.29, 1.82) is 0 Å². The number of morpholine rings is 1. The van der Waals surface area contributed by atoms with E-state index in [0.29, 0.717) is 4.32 Å². The van der Waals surface area contributed by atoms with E-state index in [-0.39, 0.29) is 18.2 Å². The van der Waals surface area contributed by atoms with E-state index in [4.69, 9.17) is 21.1 Å². The van der Waals surface area contributed by atoms with Gasteiger partial charge in [-0.2, -0.15) is 0 Å². The van der Waals surface area contributed by atoms with Crippen LogP contribution >= 0.6 is 24.3 Å². The summed E-state index contributed by atoms with van der Waals surface area (Å²) < 4.78 is 10.9. The summed E-state index contributed by atoms with van der Waals surface area (Å²) in [6.45, 7) is 6.86. The Morgan fingerprint density at radius 3 is 2.47 bits per heavy atom. The lowest BCUT2D eigenvalue weighted by Crippen LogP contribution is -2.46. The third-order valence-corrected chi connectivity index (χ3v) is 3.09. The Morgan fingerprint density at radius 2 is 2.00 bits per heavy atom. The molecule has 4 nitrogen and oxygen atoms in total. The molecule has 0 N–H and O–H groups in total. The van der Waals surface area contributed by atoms with Crippen molar-refractivity contribution in [2.45, 2.75) is 33.0 Å². The second-order valence-electron chi connectivity index (χ2n) is 3.59. The van der Waals surface area contributed by atoms with Gasteiger partial charge in [-0.25, -0.2) is 0 Å². The molecule has 1 fully saturated rings. The third-order valence-electron chi connectivity index (χ3n) is 1.91. The van der Waals surface area contributed by atoms with Crippen LogP contribution in [0, 0.1) is 0 Å². The van der Waals surface area contributed by atoms with Crippen molar-refractivity contribution in [3.05, 3.63) is 0 Å². The molecular weight excluding hydrogens is 234 g/mol. The molecular formula is C9H15NO3S2. The number of carbonyl (C=O) groups is 1. The second-order valence-corrected chi connectivity index (χ2v) is 4.95. The van der Waals surface area contributed by atoms with Crippen LogP contribution in [0.15, 0.2) is 0 Å². The van der Waals surface area contributed by atoms with Crippen LogP contribution in [0.1, 0.15) is 20.8 Å². The zero-order chi connectivity index (χ0) is 11.4. The number of ether oxygens (including phenoxy) is 1. The van der Waals surface area contributed by atoms with Crippen LogP contribution in [0.25, 0.3) is 0 Å². The lowest BCUT2D eigenvalue weighted by molar-refractivity contribution is -0.130. The van der Waals surface area contributed by atoms with Crippen molar-refractivity contribution in [2.24, 2.45) is 0 Å². The van der Waals surface area contributed by atoms with Gasteiger partial charge in [-0.15, -0.1) is 0 Å². The minimum atomic E-state index is -0.336. The van der Waals surface area contributed by atoms with E-state index in [1.54, 1.807) is 0 Å². The van der Waals surface area contributed by atoms with Crippen molar-refractivity contribution < 1.29 is 13.7 Å². The van der Waals surface area contributed by atoms with E-state index in [2.05, 4.69) is 0 Å². The fraction of sp³-hybridized carbons (Fsp3) is 0.778. The predicted octanol–water partition coefficient (Wildman–Crippen LogP) is 1.59. The number of hydrogen-bond donors (Lipinski definition) is 0. The average Bonchev–Trinajstić information content (AvgIpc) is 2.12. The summed E-state index contributed by atoms with van der Waals surface area (Å²) in [7, 11) is 0. The smallest absolute Gasteiger partial charge is 0.315 e. The van der Waals surface area contributed by atoms with E-state index in [1.807, 2.05) is 18.7 Å². The van der Waals surface area contributed by atoms with Crippen LogP contribution in [0.5, 0.6) is 0 Å². The number of nitrogens with zero attached hydrogens (tertiary/aromatic N) is 1. The van der Waals surface area contributed by atoms with E-state index < -0.39 is 0 Å². The van der Waals surface area contributed by atoms with Crippen LogP contribution in [-0.4, -0.2) is 40.5 Å². The number of carbonyl (C=O) groups excluding carboxylic acids is 1. The molecule has 0 aromatic carbocycles. The van der Waals surface area contributed by atoms with Gasteiger partial charge in [0.05, 0.1) is 12.2 Å². The second kappa shape index (κ2) is 5.67. The van der Waals surface area contributed by atoms with Crippen LogP contribution in [0.4, 0.5) is 0 Å². The Morgan fingerprint density at radius 1 is 1.47 bits per heavy atom. The van der Waals surface area contributed by atoms with Crippen molar-refractivity contribution >= 4 is 34.6 Å². The largest absolute Gasteiger partial charge is 0.384 e. The Bertz CT molecular complexity index is 250. The number of rotatable bonds is 0. The van der Waals surface area contributed by atoms with Crippen LogP contribution in [0.2, 0.25) is 0 Å². The number of hydrogen-bond acceptors (Lipinski definition) is 5. The molecule has 1 heterocycles. The third kappa shape index (κ3) is 4.36. The van der Waals surface area contributed by atoms with Crippen molar-refractivity contribution in [1.82, 2.24) is 4.90 Å². The van der Waals surface area contributed by atoms with Gasteiger partial charge < -0.3 is 13.8 Å². The minimum absolute atomic E-state index is 0.157. The maximum atomic E-state index is 10.6. The lowest BCUT2D eigenvalue weighted by atomic mass is 10.2. The SMILES string of the molecule is CC(=O)OSC(=S)N1CC(C)OC(C)C1. The van der Waals surface area contributed by atoms with Gasteiger partial charge in [-0.05, 0) is 26.1 Å². The Labute approximate surface area is 99.5 Å². The monoisotopic (exact) mass is 249 g/mol. The van der Waals surface area contributed by atoms with Gasteiger partial charge in [0.15, 0.2) is 4.32 Å². The maximum Gasteiger partial charge on any atom is 0.315 e. The van der Waals surface area contributed by atoms with Gasteiger partial charge in [0.25, 0.3) is 0 Å². The molecule has 2 atom stereocenters. The predicted molar refractivity (Wildman–Crippen MR) is 63.5 cm³/mol. The molecule has 1 aliphatic heterocycles. The molecule has 0 amide bonds. The molecule has 0 spiro atoms. The quantitative estimate of drug-likeness (QED) is 0.479. The summed E-state index contributed by atoms with van der Waals surface area (Å²) in [5.74, 6) is -0.336. The normalized spacial score (nSPS) is 26.2. The van der Waals surface area contributed by atoms with Crippen molar-refractivity contribution in [3.8, 4) is 0 Å². The van der Waals surface area contributed by atoms with Crippen molar-refractivity contribution in [2.75, 3.05) is 13.1 Å². The molecule has 1 rings (SSSR count). The van der Waals surface area contributed by atoms with Gasteiger partial charge in [0.2, 0.25) is 0 Å². The Balaban J connectivity index is 2.41. The minimum Gasteiger partial charge on any atom is -0.384 e. The van der Waals surface area contributed by atoms with Crippen LogP contribution in [0.3, 0.4) is 0 Å². The first-order chi connectivity index (χ1) is 6.99. The summed E-state index contributed by atoms with van der Waals surface area (Å²) in [4.78, 5) is 12.6. The van der Waals surface area contributed by atoms with Crippen LogP contribution in [-0.2, 0) is 13.7 Å². The molecule has 0 saturated carbocycles. The van der Waals surface area contributed by atoms with Gasteiger partial charge in [0.1, 0.15) is 12.0 Å². The fourth-order valence-electron chi connectivity index (χ4n) is 1.47. The molecule has 6 heteroatoms. The molecule has 0 radical (unpaired) electrons. The maximum absolute atomic E-state index is 10.6. The molecule has 0 bridgehead atoms. The zero-order valence-corrected chi connectivity index (χ0v) is 10.7. The number of thiocarbonyl (C=S) groups is 1. The Hall–Kier alpha value is -0.330. The van der Waals surface area contributed by atoms with Gasteiger partial charge in [-0.1, -0.05) is 0 Å². The first kappa shape index (κ1) is 12.7. The molecule has 1 aliphatic rings. The molecule has 15 heavy (non-hydrogen) atoms. The highest BCUT2D eigenvalue weighted by molar-refractivity contribution is 8.20.